The van der Waals surface area contributed by atoms with Crippen molar-refractivity contribution in [2.24, 2.45) is 0 Å². The van der Waals surface area contributed by atoms with E-state index < -0.39 is 11.6 Å². The van der Waals surface area contributed by atoms with E-state index in [0.29, 0.717) is 11.3 Å². The third kappa shape index (κ3) is 4.60. The van der Waals surface area contributed by atoms with Crippen LogP contribution in [0.5, 0.6) is 0 Å². The SMILES string of the molecule is O=C(CSc1ccc(F)cc1F)Nc1ccc(C(=O)N2CCCC2)cc1. The number of nitrogens with one attached hydrogen (secondary N) is 1. The van der Waals surface area contributed by atoms with Crippen molar-refractivity contribution in [1.29, 1.82) is 0 Å². The lowest BCUT2D eigenvalue weighted by atomic mass is 10.2. The fourth-order valence-corrected chi connectivity index (χ4v) is 3.45. The molecule has 0 saturated carbocycles. The first-order valence-electron chi connectivity index (χ1n) is 8.30. The van der Waals surface area contributed by atoms with E-state index >= 15 is 0 Å². The first kappa shape index (κ1) is 18.4. The van der Waals surface area contributed by atoms with E-state index in [9.17, 15) is 18.4 Å². The zero-order chi connectivity index (χ0) is 18.5. The number of nitrogens with zero attached hydrogens (tertiary/aromatic N) is 1. The lowest BCUT2D eigenvalue weighted by molar-refractivity contribution is -0.113. The molecule has 7 heteroatoms. The van der Waals surface area contributed by atoms with Crippen molar-refractivity contribution in [1.82, 2.24) is 4.90 Å². The van der Waals surface area contributed by atoms with Crippen LogP contribution in [0.2, 0.25) is 0 Å². The summed E-state index contributed by atoms with van der Waals surface area (Å²) in [5, 5.41) is 2.70. The summed E-state index contributed by atoms with van der Waals surface area (Å²) in [5.41, 5.74) is 1.15. The topological polar surface area (TPSA) is 49.4 Å². The fraction of sp³-hybridized carbons (Fsp3) is 0.263. The zero-order valence-corrected chi connectivity index (χ0v) is 14.8. The molecule has 1 N–H and O–H groups in total. The monoisotopic (exact) mass is 376 g/mol. The Labute approximate surface area is 154 Å². The molecule has 0 bridgehead atoms. The van der Waals surface area contributed by atoms with Gasteiger partial charge in [-0.3, -0.25) is 9.59 Å². The van der Waals surface area contributed by atoms with Crippen LogP contribution in [0.3, 0.4) is 0 Å². The summed E-state index contributed by atoms with van der Waals surface area (Å²) in [7, 11) is 0. The Balaban J connectivity index is 1.53. The van der Waals surface area contributed by atoms with Gasteiger partial charge < -0.3 is 10.2 Å². The molecule has 0 aromatic heterocycles. The number of benzene rings is 2. The largest absolute Gasteiger partial charge is 0.339 e. The number of carbonyl (C=O) groups is 2. The van der Waals surface area contributed by atoms with Gasteiger partial charge in [0.1, 0.15) is 11.6 Å². The molecule has 0 spiro atoms. The number of carbonyl (C=O) groups excluding carboxylic acids is 2. The molecule has 0 atom stereocenters. The number of thioether (sulfide) groups is 1. The summed E-state index contributed by atoms with van der Waals surface area (Å²) in [6.45, 7) is 1.57. The minimum Gasteiger partial charge on any atom is -0.339 e. The molecular weight excluding hydrogens is 358 g/mol. The molecule has 0 aliphatic carbocycles. The van der Waals surface area contributed by atoms with Gasteiger partial charge in [-0.15, -0.1) is 11.8 Å². The number of amides is 2. The van der Waals surface area contributed by atoms with E-state index in [1.54, 1.807) is 24.3 Å². The van der Waals surface area contributed by atoms with Crippen molar-refractivity contribution >= 4 is 29.3 Å². The van der Waals surface area contributed by atoms with Crippen molar-refractivity contribution in [3.05, 3.63) is 59.7 Å². The van der Waals surface area contributed by atoms with Gasteiger partial charge >= 0.3 is 0 Å². The first-order valence-corrected chi connectivity index (χ1v) is 9.28. The van der Waals surface area contributed by atoms with Gasteiger partial charge in [-0.05, 0) is 49.2 Å². The predicted molar refractivity (Wildman–Crippen MR) is 97.3 cm³/mol. The highest BCUT2D eigenvalue weighted by atomic mass is 32.2. The van der Waals surface area contributed by atoms with Gasteiger partial charge in [-0.2, -0.15) is 0 Å². The number of anilines is 1. The molecule has 1 aliphatic rings. The second kappa shape index (κ2) is 8.31. The molecule has 1 aliphatic heterocycles. The number of likely N-dealkylation sites (tertiary alicyclic amines) is 1. The number of rotatable bonds is 5. The number of hydrogen-bond donors (Lipinski definition) is 1. The molecule has 0 unspecified atom stereocenters. The minimum atomic E-state index is -0.687. The Morgan fingerprint density at radius 3 is 2.38 bits per heavy atom. The van der Waals surface area contributed by atoms with E-state index in [0.717, 1.165) is 49.8 Å². The standard InChI is InChI=1S/C19H18F2N2O2S/c20-14-5-8-17(16(21)11-14)26-12-18(24)22-15-6-3-13(4-7-15)19(25)23-9-1-2-10-23/h3-8,11H,1-2,9-10,12H2,(H,22,24). The Morgan fingerprint density at radius 1 is 1.04 bits per heavy atom. The summed E-state index contributed by atoms with van der Waals surface area (Å²) in [6.07, 6.45) is 2.07. The van der Waals surface area contributed by atoms with Gasteiger partial charge in [0.2, 0.25) is 5.91 Å². The molecule has 1 saturated heterocycles. The summed E-state index contributed by atoms with van der Waals surface area (Å²) in [6, 6.07) is 9.96. The van der Waals surface area contributed by atoms with E-state index in [-0.39, 0.29) is 22.5 Å². The van der Waals surface area contributed by atoms with Gasteiger partial charge in [0.05, 0.1) is 5.75 Å². The van der Waals surface area contributed by atoms with Crippen molar-refractivity contribution in [3.63, 3.8) is 0 Å². The smallest absolute Gasteiger partial charge is 0.253 e. The van der Waals surface area contributed by atoms with Crippen molar-refractivity contribution in [2.45, 2.75) is 17.7 Å². The molecule has 1 fully saturated rings. The normalized spacial score (nSPS) is 13.7. The lowest BCUT2D eigenvalue weighted by Crippen LogP contribution is -2.27. The van der Waals surface area contributed by atoms with Gasteiger partial charge in [0.25, 0.3) is 5.91 Å². The van der Waals surface area contributed by atoms with Crippen LogP contribution in [-0.2, 0) is 4.79 Å². The maximum atomic E-state index is 13.5. The van der Waals surface area contributed by atoms with E-state index in [1.807, 2.05) is 4.90 Å². The summed E-state index contributed by atoms with van der Waals surface area (Å²) >= 11 is 0.993. The van der Waals surface area contributed by atoms with Crippen LogP contribution in [0.1, 0.15) is 23.2 Å². The first-order chi connectivity index (χ1) is 12.5. The third-order valence-corrected chi connectivity index (χ3v) is 5.11. The van der Waals surface area contributed by atoms with Crippen LogP contribution in [0.15, 0.2) is 47.4 Å². The second-order valence-corrected chi connectivity index (χ2v) is 7.01. The maximum absolute atomic E-state index is 13.5. The quantitative estimate of drug-likeness (QED) is 0.805. The second-order valence-electron chi connectivity index (χ2n) is 5.99. The molecule has 1 heterocycles. The lowest BCUT2D eigenvalue weighted by Gasteiger charge is -2.15. The molecule has 26 heavy (non-hydrogen) atoms. The highest BCUT2D eigenvalue weighted by Crippen LogP contribution is 2.22. The molecular formula is C19H18F2N2O2S. The summed E-state index contributed by atoms with van der Waals surface area (Å²) in [4.78, 5) is 26.3. The molecule has 2 aromatic carbocycles. The van der Waals surface area contributed by atoms with Crippen LogP contribution in [0.4, 0.5) is 14.5 Å². The molecule has 2 amide bonds. The molecule has 2 aromatic rings. The average Bonchev–Trinajstić information content (AvgIpc) is 3.16. The van der Waals surface area contributed by atoms with Crippen molar-refractivity contribution in [3.8, 4) is 0 Å². The number of hydrogen-bond acceptors (Lipinski definition) is 3. The van der Waals surface area contributed by atoms with Crippen LogP contribution in [0.25, 0.3) is 0 Å². The third-order valence-electron chi connectivity index (χ3n) is 4.06. The molecule has 136 valence electrons. The Morgan fingerprint density at radius 2 is 1.73 bits per heavy atom. The average molecular weight is 376 g/mol. The van der Waals surface area contributed by atoms with E-state index in [1.165, 1.54) is 6.07 Å². The Kier molecular flexibility index (Phi) is 5.88. The van der Waals surface area contributed by atoms with Crippen LogP contribution in [0, 0.1) is 11.6 Å². The summed E-state index contributed by atoms with van der Waals surface area (Å²) < 4.78 is 26.4. The van der Waals surface area contributed by atoms with E-state index in [4.69, 9.17) is 0 Å². The Hall–Kier alpha value is -2.41. The van der Waals surface area contributed by atoms with Crippen LogP contribution in [-0.4, -0.2) is 35.6 Å². The highest BCUT2D eigenvalue weighted by molar-refractivity contribution is 8.00. The maximum Gasteiger partial charge on any atom is 0.253 e. The minimum absolute atomic E-state index is 0.00252. The van der Waals surface area contributed by atoms with Gasteiger partial charge in [-0.1, -0.05) is 0 Å². The predicted octanol–water partition coefficient (Wildman–Crippen LogP) is 3.93. The van der Waals surface area contributed by atoms with Crippen molar-refractivity contribution in [2.75, 3.05) is 24.2 Å². The highest BCUT2D eigenvalue weighted by Gasteiger charge is 2.19. The Bertz CT molecular complexity index is 806. The van der Waals surface area contributed by atoms with Crippen LogP contribution >= 0.6 is 11.8 Å². The van der Waals surface area contributed by atoms with Gasteiger partial charge in [0.15, 0.2) is 0 Å². The molecule has 3 rings (SSSR count). The van der Waals surface area contributed by atoms with Crippen LogP contribution < -0.4 is 5.32 Å². The summed E-state index contributed by atoms with van der Waals surface area (Å²) in [5.74, 6) is -1.65. The van der Waals surface area contributed by atoms with Crippen molar-refractivity contribution < 1.29 is 18.4 Å². The van der Waals surface area contributed by atoms with Gasteiger partial charge in [0, 0.05) is 35.3 Å². The van der Waals surface area contributed by atoms with E-state index in [2.05, 4.69) is 5.32 Å². The zero-order valence-electron chi connectivity index (χ0n) is 14.0. The molecule has 4 nitrogen and oxygen atoms in total. The molecule has 0 radical (unpaired) electrons. The van der Waals surface area contributed by atoms with Gasteiger partial charge in [-0.25, -0.2) is 8.78 Å². The fourth-order valence-electron chi connectivity index (χ4n) is 2.73. The number of halogens is 2.